The van der Waals surface area contributed by atoms with Crippen molar-refractivity contribution < 1.29 is 33.5 Å². The van der Waals surface area contributed by atoms with E-state index in [9.17, 15) is 28.8 Å². The van der Waals surface area contributed by atoms with E-state index in [0.29, 0.717) is 49.1 Å². The SMILES string of the molecule is O=C(COc1cccc2c1C(=O)N(C1CCC(=O)NC1=O)C2=O)NCCCCCCCN1CC(Nc2ncc(Cl)c(-c3c[nH]c4ccccc34)n2)CCC1=O. The standard InChI is InChI=1S/C39H41ClN8O7/c40-27-20-43-39(46-35(27)26-19-42-28-11-5-4-9-24(26)28)44-23-13-16-33(51)47(21-23)18-7-3-1-2-6-17-41-32(50)22-55-30-12-8-10-25-34(30)38(54)48(37(25)53)29-14-15-31(49)45-36(29)52/h4-5,8-12,19-20,23,29,42H,1-3,6-7,13-18,21-22H2,(H,41,50)(H,43,44,46)(H,45,49,52). The lowest BCUT2D eigenvalue weighted by Gasteiger charge is -2.33. The smallest absolute Gasteiger partial charge is 0.266 e. The van der Waals surface area contributed by atoms with Gasteiger partial charge in [-0.15, -0.1) is 0 Å². The molecule has 2 atom stereocenters. The van der Waals surface area contributed by atoms with Crippen LogP contribution in [0.25, 0.3) is 22.2 Å². The van der Waals surface area contributed by atoms with Crippen LogP contribution in [0.5, 0.6) is 5.75 Å². The molecule has 4 N–H and O–H groups in total. The molecule has 0 aliphatic carbocycles. The fourth-order valence-electron chi connectivity index (χ4n) is 7.31. The molecule has 15 nitrogen and oxygen atoms in total. The van der Waals surface area contributed by atoms with Crippen LogP contribution in [0.15, 0.2) is 54.9 Å². The Balaban J connectivity index is 0.798. The first-order valence-electron chi connectivity index (χ1n) is 18.6. The van der Waals surface area contributed by atoms with Crippen molar-refractivity contribution in [2.24, 2.45) is 0 Å². The number of carbonyl (C=O) groups is 6. The summed E-state index contributed by atoms with van der Waals surface area (Å²) in [4.78, 5) is 90.5. The van der Waals surface area contributed by atoms with E-state index >= 15 is 0 Å². The van der Waals surface area contributed by atoms with Crippen LogP contribution in [0, 0.1) is 0 Å². The van der Waals surface area contributed by atoms with Crippen LogP contribution in [0.1, 0.15) is 78.5 Å². The van der Waals surface area contributed by atoms with E-state index in [1.54, 1.807) is 12.3 Å². The van der Waals surface area contributed by atoms with Gasteiger partial charge in [0, 0.05) is 61.2 Å². The number of halogens is 1. The second-order valence-corrected chi connectivity index (χ2v) is 14.3. The number of hydrogen-bond donors (Lipinski definition) is 4. The van der Waals surface area contributed by atoms with Gasteiger partial charge >= 0.3 is 0 Å². The van der Waals surface area contributed by atoms with Crippen LogP contribution >= 0.6 is 11.6 Å². The Bertz CT molecular complexity index is 2160. The molecule has 55 heavy (non-hydrogen) atoms. The van der Waals surface area contributed by atoms with Gasteiger partial charge in [0.2, 0.25) is 23.7 Å². The van der Waals surface area contributed by atoms with Gasteiger partial charge in [-0.25, -0.2) is 9.97 Å². The Morgan fingerprint density at radius 3 is 2.60 bits per heavy atom. The Labute approximate surface area is 321 Å². The minimum absolute atomic E-state index is 0.00504. The summed E-state index contributed by atoms with van der Waals surface area (Å²) < 4.78 is 5.65. The molecule has 0 spiro atoms. The average molecular weight is 769 g/mol. The Morgan fingerprint density at radius 2 is 1.75 bits per heavy atom. The van der Waals surface area contributed by atoms with Gasteiger partial charge in [0.05, 0.1) is 28.0 Å². The molecule has 3 aliphatic rings. The number of benzene rings is 2. The Hall–Kier alpha value is -5.83. The molecule has 6 amide bonds. The lowest BCUT2D eigenvalue weighted by molar-refractivity contribution is -0.136. The zero-order valence-electron chi connectivity index (χ0n) is 30.1. The van der Waals surface area contributed by atoms with Crippen molar-refractivity contribution in [1.82, 2.24) is 35.4 Å². The maximum atomic E-state index is 13.2. The first-order valence-corrected chi connectivity index (χ1v) is 18.9. The van der Waals surface area contributed by atoms with Crippen molar-refractivity contribution in [2.45, 2.75) is 69.9 Å². The summed E-state index contributed by atoms with van der Waals surface area (Å²) in [5, 5.41) is 9.87. The number of unbranched alkanes of at least 4 members (excludes halogenated alkanes) is 4. The number of H-pyrrole nitrogens is 1. The summed E-state index contributed by atoms with van der Waals surface area (Å²) in [6, 6.07) is 11.4. The number of carbonyl (C=O) groups excluding carboxylic acids is 6. The number of imide groups is 2. The van der Waals surface area contributed by atoms with Crippen molar-refractivity contribution in [3.05, 3.63) is 71.0 Å². The fraction of sp³-hybridized carbons (Fsp3) is 0.385. The number of aromatic amines is 1. The van der Waals surface area contributed by atoms with Crippen molar-refractivity contribution in [2.75, 3.05) is 31.6 Å². The number of anilines is 1. The second kappa shape index (κ2) is 16.7. The topological polar surface area (TPSA) is 196 Å². The number of nitrogens with one attached hydrogen (secondary N) is 4. The lowest BCUT2D eigenvalue weighted by Crippen LogP contribution is -2.54. The molecule has 0 saturated carbocycles. The third kappa shape index (κ3) is 8.31. The molecule has 2 fully saturated rings. The molecule has 2 saturated heterocycles. The van der Waals surface area contributed by atoms with Gasteiger partial charge in [-0.1, -0.05) is 55.1 Å². The first-order chi connectivity index (χ1) is 26.7. The summed E-state index contributed by atoms with van der Waals surface area (Å²) in [6.07, 6.45) is 9.10. The number of rotatable bonds is 15. The van der Waals surface area contributed by atoms with Gasteiger partial charge in [-0.3, -0.25) is 39.0 Å². The van der Waals surface area contributed by atoms with Crippen LogP contribution in [0.4, 0.5) is 5.95 Å². The molecular formula is C39H41ClN8O7. The molecule has 5 heterocycles. The Kier molecular flexibility index (Phi) is 11.4. The third-order valence-corrected chi connectivity index (χ3v) is 10.4. The maximum absolute atomic E-state index is 13.2. The van der Waals surface area contributed by atoms with E-state index < -0.39 is 29.7 Å². The van der Waals surface area contributed by atoms with Crippen LogP contribution in [-0.4, -0.2) is 98.5 Å². The third-order valence-electron chi connectivity index (χ3n) is 10.1. The highest BCUT2D eigenvalue weighted by Gasteiger charge is 2.46. The monoisotopic (exact) mass is 768 g/mol. The Morgan fingerprint density at radius 1 is 0.927 bits per heavy atom. The summed E-state index contributed by atoms with van der Waals surface area (Å²) in [7, 11) is 0. The molecule has 3 aliphatic heterocycles. The highest BCUT2D eigenvalue weighted by Crippen LogP contribution is 2.34. The highest BCUT2D eigenvalue weighted by atomic mass is 35.5. The number of fused-ring (bicyclic) bond motifs is 2. The number of para-hydroxylation sites is 1. The largest absolute Gasteiger partial charge is 0.483 e. The predicted molar refractivity (Wildman–Crippen MR) is 202 cm³/mol. The summed E-state index contributed by atoms with van der Waals surface area (Å²) in [5.74, 6) is -2.19. The second-order valence-electron chi connectivity index (χ2n) is 13.9. The molecule has 2 aromatic carbocycles. The normalized spacial score (nSPS) is 18.5. The van der Waals surface area contributed by atoms with E-state index in [1.807, 2.05) is 35.4 Å². The fourth-order valence-corrected chi connectivity index (χ4v) is 7.50. The zero-order valence-corrected chi connectivity index (χ0v) is 30.8. The van der Waals surface area contributed by atoms with Crippen molar-refractivity contribution in [3.8, 4) is 17.0 Å². The van der Waals surface area contributed by atoms with Gasteiger partial charge in [0.1, 0.15) is 11.8 Å². The number of amides is 6. The zero-order chi connectivity index (χ0) is 38.5. The molecule has 7 rings (SSSR count). The summed E-state index contributed by atoms with van der Waals surface area (Å²) in [6.45, 7) is 1.32. The lowest BCUT2D eigenvalue weighted by atomic mass is 10.0. The number of likely N-dealkylation sites (tertiary alicyclic amines) is 1. The van der Waals surface area contributed by atoms with Crippen molar-refractivity contribution in [3.63, 3.8) is 0 Å². The summed E-state index contributed by atoms with van der Waals surface area (Å²) >= 11 is 6.51. The minimum Gasteiger partial charge on any atom is -0.483 e. The minimum atomic E-state index is -1.09. The quantitative estimate of drug-likeness (QED) is 0.100. The molecule has 0 bridgehead atoms. The number of aromatic nitrogens is 3. The van der Waals surface area contributed by atoms with Gasteiger partial charge in [0.15, 0.2) is 6.61 Å². The van der Waals surface area contributed by atoms with Crippen LogP contribution in [-0.2, 0) is 19.2 Å². The first kappa shape index (κ1) is 37.5. The van der Waals surface area contributed by atoms with Crippen molar-refractivity contribution in [1.29, 1.82) is 0 Å². The van der Waals surface area contributed by atoms with Crippen LogP contribution < -0.4 is 20.7 Å². The summed E-state index contributed by atoms with van der Waals surface area (Å²) in [5.41, 5.74) is 2.61. The predicted octanol–water partition coefficient (Wildman–Crippen LogP) is 4.23. The number of hydrogen-bond acceptors (Lipinski definition) is 10. The molecule has 4 aromatic rings. The highest BCUT2D eigenvalue weighted by molar-refractivity contribution is 6.33. The number of ether oxygens (including phenoxy) is 1. The maximum Gasteiger partial charge on any atom is 0.266 e. The average Bonchev–Trinajstić information content (AvgIpc) is 3.72. The van der Waals surface area contributed by atoms with E-state index in [-0.39, 0.29) is 54.2 Å². The number of nitrogens with zero attached hydrogens (tertiary/aromatic N) is 4. The van der Waals surface area contributed by atoms with Crippen LogP contribution in [0.2, 0.25) is 5.02 Å². The van der Waals surface area contributed by atoms with Crippen LogP contribution in [0.3, 0.4) is 0 Å². The molecular weight excluding hydrogens is 728 g/mol. The molecule has 2 unspecified atom stereocenters. The van der Waals surface area contributed by atoms with E-state index in [4.69, 9.17) is 21.3 Å². The van der Waals surface area contributed by atoms with Crippen molar-refractivity contribution >= 4 is 63.9 Å². The number of piperidine rings is 2. The van der Waals surface area contributed by atoms with Gasteiger partial charge in [0.25, 0.3) is 17.7 Å². The van der Waals surface area contributed by atoms with Gasteiger partial charge < -0.3 is 25.3 Å². The molecule has 286 valence electrons. The molecule has 16 heteroatoms. The van der Waals surface area contributed by atoms with Gasteiger partial charge in [-0.2, -0.15) is 0 Å². The molecule has 0 radical (unpaired) electrons. The van der Waals surface area contributed by atoms with E-state index in [2.05, 4.69) is 25.9 Å². The molecule has 2 aromatic heterocycles. The van der Waals surface area contributed by atoms with E-state index in [1.165, 1.54) is 12.1 Å². The van der Waals surface area contributed by atoms with Gasteiger partial charge in [-0.05, 0) is 43.9 Å². The van der Waals surface area contributed by atoms with E-state index in [0.717, 1.165) is 53.5 Å².